The van der Waals surface area contributed by atoms with E-state index in [1.165, 1.54) is 25.7 Å². The van der Waals surface area contributed by atoms with Gasteiger partial charge in [-0.1, -0.05) is 43.2 Å². The normalized spacial score (nSPS) is 18.5. The lowest BCUT2D eigenvalue weighted by Gasteiger charge is -2.20. The molecular formula is C24H29N3O3S. The second-order valence-electron chi connectivity index (χ2n) is 8.81. The Morgan fingerprint density at radius 1 is 1.06 bits per heavy atom. The molecule has 164 valence electrons. The maximum Gasteiger partial charge on any atom is 0.214 e. The van der Waals surface area contributed by atoms with Crippen LogP contribution in [0, 0.1) is 0 Å². The number of ether oxygens (including phenoxy) is 1. The van der Waals surface area contributed by atoms with Gasteiger partial charge in [-0.3, -0.25) is 4.68 Å². The molecule has 2 aromatic carbocycles. The van der Waals surface area contributed by atoms with E-state index in [9.17, 15) is 8.42 Å². The highest BCUT2D eigenvalue weighted by Gasteiger charge is 2.37. The van der Waals surface area contributed by atoms with E-state index in [2.05, 4.69) is 20.6 Å². The van der Waals surface area contributed by atoms with Crippen molar-refractivity contribution in [3.63, 3.8) is 0 Å². The third-order valence-corrected chi connectivity index (χ3v) is 8.32. The van der Waals surface area contributed by atoms with Gasteiger partial charge in [0.15, 0.2) is 0 Å². The van der Waals surface area contributed by atoms with E-state index < -0.39 is 10.0 Å². The van der Waals surface area contributed by atoms with Gasteiger partial charge in [0.25, 0.3) is 0 Å². The first-order valence-corrected chi connectivity index (χ1v) is 12.8. The Morgan fingerprint density at radius 2 is 1.84 bits per heavy atom. The van der Waals surface area contributed by atoms with Gasteiger partial charge in [0.05, 0.1) is 29.0 Å². The second kappa shape index (κ2) is 8.63. The van der Waals surface area contributed by atoms with Crippen LogP contribution >= 0.6 is 0 Å². The summed E-state index contributed by atoms with van der Waals surface area (Å²) < 4.78 is 36.2. The molecule has 0 radical (unpaired) electrons. The van der Waals surface area contributed by atoms with Crippen LogP contribution in [-0.2, 0) is 16.4 Å². The van der Waals surface area contributed by atoms with Crippen LogP contribution in [0.3, 0.4) is 0 Å². The summed E-state index contributed by atoms with van der Waals surface area (Å²) in [7, 11) is -3.29. The number of rotatable bonds is 9. The number of sulfonamides is 1. The van der Waals surface area contributed by atoms with Gasteiger partial charge >= 0.3 is 0 Å². The summed E-state index contributed by atoms with van der Waals surface area (Å²) in [5.74, 6) is 0.738. The zero-order valence-corrected chi connectivity index (χ0v) is 18.4. The van der Waals surface area contributed by atoms with Crippen molar-refractivity contribution in [2.75, 3.05) is 6.61 Å². The molecule has 3 aromatic rings. The van der Waals surface area contributed by atoms with Crippen molar-refractivity contribution < 1.29 is 13.2 Å². The van der Waals surface area contributed by atoms with E-state index in [4.69, 9.17) is 4.74 Å². The molecule has 0 spiro atoms. The lowest BCUT2D eigenvalue weighted by molar-refractivity contribution is 0.278. The van der Waals surface area contributed by atoms with Crippen LogP contribution < -0.4 is 9.46 Å². The Bertz CT molecular complexity index is 1130. The largest absolute Gasteiger partial charge is 0.492 e. The fraction of sp³-hybridized carbons (Fsp3) is 0.458. The zero-order chi connectivity index (χ0) is 21.3. The number of benzene rings is 2. The molecule has 1 atom stereocenters. The van der Waals surface area contributed by atoms with Crippen LogP contribution in [0.1, 0.15) is 50.1 Å². The molecule has 2 aliphatic rings. The summed E-state index contributed by atoms with van der Waals surface area (Å²) in [6, 6.07) is 16.1. The van der Waals surface area contributed by atoms with Gasteiger partial charge in [0, 0.05) is 5.39 Å². The third kappa shape index (κ3) is 4.77. The Kier molecular flexibility index (Phi) is 5.71. The van der Waals surface area contributed by atoms with E-state index in [1.54, 1.807) is 0 Å². The van der Waals surface area contributed by atoms with Crippen molar-refractivity contribution in [3.05, 3.63) is 60.3 Å². The summed E-state index contributed by atoms with van der Waals surface area (Å²) >= 11 is 0. The van der Waals surface area contributed by atoms with Crippen molar-refractivity contribution in [1.29, 1.82) is 0 Å². The number of nitrogens with zero attached hydrogens (tertiary/aromatic N) is 2. The first-order chi connectivity index (χ1) is 15.1. The highest BCUT2D eigenvalue weighted by molar-refractivity contribution is 7.90. The van der Waals surface area contributed by atoms with Gasteiger partial charge in [-0.15, -0.1) is 0 Å². The third-order valence-electron chi connectivity index (χ3n) is 6.31. The maximum atomic E-state index is 12.5. The minimum atomic E-state index is -3.29. The molecule has 2 saturated carbocycles. The van der Waals surface area contributed by atoms with Crippen LogP contribution in [0.15, 0.2) is 54.7 Å². The number of fused-ring (bicyclic) bond motifs is 1. The van der Waals surface area contributed by atoms with Crippen LogP contribution in [0.5, 0.6) is 5.75 Å². The molecule has 0 bridgehead atoms. The smallest absolute Gasteiger partial charge is 0.214 e. The van der Waals surface area contributed by atoms with E-state index in [1.807, 2.05) is 48.7 Å². The molecule has 1 heterocycles. The molecule has 31 heavy (non-hydrogen) atoms. The quantitative estimate of drug-likeness (QED) is 0.542. The molecule has 2 fully saturated rings. The van der Waals surface area contributed by atoms with Gasteiger partial charge < -0.3 is 4.74 Å². The predicted molar refractivity (Wildman–Crippen MR) is 122 cm³/mol. The number of nitrogens with one attached hydrogen (secondary N) is 1. The lowest BCUT2D eigenvalue weighted by Crippen LogP contribution is -2.42. The van der Waals surface area contributed by atoms with E-state index >= 15 is 0 Å². The van der Waals surface area contributed by atoms with Gasteiger partial charge in [-0.05, 0) is 55.9 Å². The number of hydrogen-bond acceptors (Lipinski definition) is 4. The van der Waals surface area contributed by atoms with Gasteiger partial charge in [-0.25, -0.2) is 13.1 Å². The molecule has 0 saturated heterocycles. The topological polar surface area (TPSA) is 73.2 Å². The SMILES string of the molecule is O=S(=O)(NC(COc1ccc2c(cnn2C2CCCC2)c1)Cc1ccccc1)C1CC1. The maximum absolute atomic E-state index is 12.5. The second-order valence-corrected chi connectivity index (χ2v) is 10.8. The summed E-state index contributed by atoms with van der Waals surface area (Å²) in [5, 5.41) is 5.42. The Balaban J connectivity index is 1.30. The van der Waals surface area contributed by atoms with Crippen molar-refractivity contribution in [2.24, 2.45) is 0 Å². The van der Waals surface area contributed by atoms with Gasteiger partial charge in [0.2, 0.25) is 10.0 Å². The van der Waals surface area contributed by atoms with Crippen LogP contribution in [0.2, 0.25) is 0 Å². The fourth-order valence-electron chi connectivity index (χ4n) is 4.50. The summed E-state index contributed by atoms with van der Waals surface area (Å²) in [6.45, 7) is 0.281. The average Bonchev–Trinajstić information content (AvgIpc) is 3.35. The minimum Gasteiger partial charge on any atom is -0.492 e. The fourth-order valence-corrected chi connectivity index (χ4v) is 6.06. The molecule has 6 nitrogen and oxygen atoms in total. The molecule has 2 aliphatic carbocycles. The monoisotopic (exact) mass is 439 g/mol. The number of aromatic nitrogens is 2. The van der Waals surface area contributed by atoms with E-state index in [-0.39, 0.29) is 17.9 Å². The van der Waals surface area contributed by atoms with Crippen LogP contribution in [-0.4, -0.2) is 36.1 Å². The minimum absolute atomic E-state index is 0.247. The van der Waals surface area contributed by atoms with Crippen LogP contribution in [0.4, 0.5) is 0 Å². The average molecular weight is 440 g/mol. The van der Waals surface area contributed by atoms with Gasteiger partial charge in [0.1, 0.15) is 12.4 Å². The summed E-state index contributed by atoms with van der Waals surface area (Å²) in [5.41, 5.74) is 2.22. The molecule has 1 aromatic heterocycles. The van der Waals surface area contributed by atoms with E-state index in [0.29, 0.717) is 12.5 Å². The molecular weight excluding hydrogens is 410 g/mol. The lowest BCUT2D eigenvalue weighted by atomic mass is 10.1. The standard InChI is InChI=1S/C24H29N3O3S/c28-31(29,23-11-12-23)26-20(14-18-6-2-1-3-7-18)17-30-22-10-13-24-19(15-22)16-25-27(24)21-8-4-5-9-21/h1-3,6-7,10,13,15-16,20-21,23,26H,4-5,8-9,11-12,14,17H2. The molecule has 1 N–H and O–H groups in total. The van der Waals surface area contributed by atoms with Crippen molar-refractivity contribution in [3.8, 4) is 5.75 Å². The van der Waals surface area contributed by atoms with Crippen molar-refractivity contribution in [1.82, 2.24) is 14.5 Å². The Morgan fingerprint density at radius 3 is 2.58 bits per heavy atom. The van der Waals surface area contributed by atoms with Crippen molar-refractivity contribution >= 4 is 20.9 Å². The first-order valence-electron chi connectivity index (χ1n) is 11.2. The van der Waals surface area contributed by atoms with Gasteiger partial charge in [-0.2, -0.15) is 5.10 Å². The highest BCUT2D eigenvalue weighted by Crippen LogP contribution is 2.32. The molecule has 1 unspecified atom stereocenters. The summed E-state index contributed by atoms with van der Waals surface area (Å²) in [6.07, 6.45) is 8.91. The molecule has 0 amide bonds. The first kappa shape index (κ1) is 20.5. The Labute approximate surface area is 183 Å². The molecule has 5 rings (SSSR count). The molecule has 7 heteroatoms. The molecule has 0 aliphatic heterocycles. The summed E-state index contributed by atoms with van der Waals surface area (Å²) in [4.78, 5) is 0. The number of hydrogen-bond donors (Lipinski definition) is 1. The predicted octanol–water partition coefficient (Wildman–Crippen LogP) is 4.22. The highest BCUT2D eigenvalue weighted by atomic mass is 32.2. The van der Waals surface area contributed by atoms with Crippen LogP contribution in [0.25, 0.3) is 10.9 Å². The Hall–Kier alpha value is -2.38. The zero-order valence-electron chi connectivity index (χ0n) is 17.6. The van der Waals surface area contributed by atoms with Crippen molar-refractivity contribution in [2.45, 2.75) is 62.3 Å². The van der Waals surface area contributed by atoms with E-state index in [0.717, 1.165) is 35.1 Å².